The fourth-order valence-corrected chi connectivity index (χ4v) is 1.99. The van der Waals surface area contributed by atoms with Crippen LogP contribution < -0.4 is 5.32 Å². The summed E-state index contributed by atoms with van der Waals surface area (Å²) in [6, 6.07) is 4.93. The van der Waals surface area contributed by atoms with Gasteiger partial charge >= 0.3 is 0 Å². The lowest BCUT2D eigenvalue weighted by Gasteiger charge is -2.27. The lowest BCUT2D eigenvalue weighted by Crippen LogP contribution is -2.44. The van der Waals surface area contributed by atoms with E-state index >= 15 is 0 Å². The van der Waals surface area contributed by atoms with Crippen LogP contribution in [0.4, 0.5) is 5.69 Å². The number of rotatable bonds is 6. The minimum absolute atomic E-state index is 0.0239. The molecule has 0 fully saturated rings. The number of nitro groups is 1. The lowest BCUT2D eigenvalue weighted by molar-refractivity contribution is -0.385. The van der Waals surface area contributed by atoms with Crippen LogP contribution in [0.3, 0.4) is 0 Å². The number of hydrogen-bond acceptors (Lipinski definition) is 4. The second kappa shape index (κ2) is 6.26. The van der Waals surface area contributed by atoms with Crippen molar-refractivity contribution in [2.45, 2.75) is 32.4 Å². The second-order valence-electron chi connectivity index (χ2n) is 4.43. The molecule has 1 unspecified atom stereocenters. The van der Waals surface area contributed by atoms with E-state index in [-0.39, 0.29) is 17.8 Å². The molecule has 0 heterocycles. The lowest BCUT2D eigenvalue weighted by atomic mass is 10.00. The molecule has 6 heteroatoms. The van der Waals surface area contributed by atoms with Gasteiger partial charge in [0, 0.05) is 18.2 Å². The van der Waals surface area contributed by atoms with E-state index in [0.717, 1.165) is 12.0 Å². The van der Waals surface area contributed by atoms with E-state index in [2.05, 4.69) is 21.2 Å². The highest BCUT2D eigenvalue weighted by Crippen LogP contribution is 2.28. The molecule has 0 aromatic heterocycles. The Labute approximate surface area is 114 Å². The number of nitro benzene ring substituents is 1. The van der Waals surface area contributed by atoms with E-state index < -0.39 is 4.92 Å². The molecule has 0 aliphatic rings. The van der Waals surface area contributed by atoms with Gasteiger partial charge in [-0.2, -0.15) is 0 Å². The molecule has 1 aromatic carbocycles. The molecule has 0 saturated carbocycles. The summed E-state index contributed by atoms with van der Waals surface area (Å²) >= 11 is 3.25. The van der Waals surface area contributed by atoms with Crippen LogP contribution in [0.5, 0.6) is 0 Å². The Kier molecular flexibility index (Phi) is 5.25. The van der Waals surface area contributed by atoms with Crippen LogP contribution in [-0.2, 0) is 6.54 Å². The van der Waals surface area contributed by atoms with Gasteiger partial charge in [0.1, 0.15) is 0 Å². The molecule has 0 aliphatic carbocycles. The molecular formula is C12H17BrN2O3. The number of hydrogen-bond donors (Lipinski definition) is 2. The molecule has 1 aromatic rings. The fourth-order valence-electron chi connectivity index (χ4n) is 1.45. The first-order valence-corrected chi connectivity index (χ1v) is 6.50. The largest absolute Gasteiger partial charge is 0.394 e. The Morgan fingerprint density at radius 1 is 1.56 bits per heavy atom. The minimum atomic E-state index is -0.418. The summed E-state index contributed by atoms with van der Waals surface area (Å²) in [5, 5.41) is 23.3. The maximum absolute atomic E-state index is 10.8. The Morgan fingerprint density at radius 3 is 2.72 bits per heavy atom. The number of aliphatic hydroxyl groups excluding tert-OH is 1. The molecule has 0 saturated heterocycles. The summed E-state index contributed by atoms with van der Waals surface area (Å²) in [5.74, 6) is 0. The van der Waals surface area contributed by atoms with Crippen LogP contribution in [0.2, 0.25) is 0 Å². The molecule has 0 bridgehead atoms. The summed E-state index contributed by atoms with van der Waals surface area (Å²) in [5.41, 5.74) is 0.484. The monoisotopic (exact) mass is 316 g/mol. The minimum Gasteiger partial charge on any atom is -0.394 e. The van der Waals surface area contributed by atoms with Crippen molar-refractivity contribution >= 4 is 21.6 Å². The van der Waals surface area contributed by atoms with Crippen LogP contribution in [0.25, 0.3) is 0 Å². The molecule has 1 rings (SSSR count). The predicted molar refractivity (Wildman–Crippen MR) is 73.4 cm³/mol. The van der Waals surface area contributed by atoms with Crippen molar-refractivity contribution in [3.05, 3.63) is 38.3 Å². The molecule has 1 atom stereocenters. The molecule has 2 N–H and O–H groups in total. The van der Waals surface area contributed by atoms with Crippen LogP contribution in [0, 0.1) is 10.1 Å². The molecule has 0 spiro atoms. The van der Waals surface area contributed by atoms with Gasteiger partial charge in [0.15, 0.2) is 0 Å². The maximum atomic E-state index is 10.8. The van der Waals surface area contributed by atoms with Crippen molar-refractivity contribution in [2.24, 2.45) is 0 Å². The smallest absolute Gasteiger partial charge is 0.283 e. The highest BCUT2D eigenvalue weighted by molar-refractivity contribution is 9.10. The third-order valence-electron chi connectivity index (χ3n) is 3.09. The van der Waals surface area contributed by atoms with Gasteiger partial charge in [-0.1, -0.05) is 19.1 Å². The van der Waals surface area contributed by atoms with Gasteiger partial charge in [0.2, 0.25) is 0 Å². The second-order valence-corrected chi connectivity index (χ2v) is 5.23. The Hall–Kier alpha value is -0.980. The van der Waals surface area contributed by atoms with E-state index in [1.54, 1.807) is 6.07 Å². The van der Waals surface area contributed by atoms with Gasteiger partial charge in [0.05, 0.1) is 16.0 Å². The maximum Gasteiger partial charge on any atom is 0.283 e. The molecule has 0 aliphatic heterocycles. The third-order valence-corrected chi connectivity index (χ3v) is 4.01. The summed E-state index contributed by atoms with van der Waals surface area (Å²) in [6.07, 6.45) is 0.774. The normalized spacial score (nSPS) is 14.2. The van der Waals surface area contributed by atoms with Gasteiger partial charge in [-0.15, -0.1) is 0 Å². The van der Waals surface area contributed by atoms with Crippen LogP contribution in [-0.4, -0.2) is 22.2 Å². The summed E-state index contributed by atoms with van der Waals surface area (Å²) < 4.78 is 0.485. The average molecular weight is 317 g/mol. The average Bonchev–Trinajstić information content (AvgIpc) is 2.37. The zero-order chi connectivity index (χ0) is 13.8. The Bertz CT molecular complexity index is 433. The molecule has 0 radical (unpaired) electrons. The van der Waals surface area contributed by atoms with Crippen molar-refractivity contribution in [3.8, 4) is 0 Å². The van der Waals surface area contributed by atoms with E-state index in [1.165, 1.54) is 6.07 Å². The summed E-state index contributed by atoms with van der Waals surface area (Å²) in [4.78, 5) is 10.4. The van der Waals surface area contributed by atoms with Gasteiger partial charge in [0.25, 0.3) is 5.69 Å². The number of nitrogens with one attached hydrogen (secondary N) is 1. The highest BCUT2D eigenvalue weighted by Gasteiger charge is 2.21. The quantitative estimate of drug-likeness (QED) is 0.625. The number of nitrogens with zero attached hydrogens (tertiary/aromatic N) is 1. The number of halogens is 1. The summed E-state index contributed by atoms with van der Waals surface area (Å²) in [7, 11) is 0. The highest BCUT2D eigenvalue weighted by atomic mass is 79.9. The van der Waals surface area contributed by atoms with Crippen molar-refractivity contribution in [1.82, 2.24) is 5.32 Å². The first-order chi connectivity index (χ1) is 8.43. The van der Waals surface area contributed by atoms with Crippen molar-refractivity contribution < 1.29 is 10.0 Å². The van der Waals surface area contributed by atoms with Crippen LogP contribution in [0.15, 0.2) is 22.7 Å². The standard InChI is InChI=1S/C12H17BrN2O3/c1-3-12(2,8-16)14-7-9-5-4-6-10(11(9)13)15(17)18/h4-6,14,16H,3,7-8H2,1-2H3. The first kappa shape index (κ1) is 15.1. The van der Waals surface area contributed by atoms with Gasteiger partial charge in [-0.25, -0.2) is 0 Å². The van der Waals surface area contributed by atoms with Crippen molar-refractivity contribution in [2.75, 3.05) is 6.61 Å². The number of benzene rings is 1. The third kappa shape index (κ3) is 3.51. The molecule has 5 nitrogen and oxygen atoms in total. The Balaban J connectivity index is 2.86. The topological polar surface area (TPSA) is 75.4 Å². The summed E-state index contributed by atoms with van der Waals surface area (Å²) in [6.45, 7) is 4.38. The fraction of sp³-hybridized carbons (Fsp3) is 0.500. The molecule has 18 heavy (non-hydrogen) atoms. The Morgan fingerprint density at radius 2 is 2.22 bits per heavy atom. The van der Waals surface area contributed by atoms with Crippen LogP contribution in [0.1, 0.15) is 25.8 Å². The van der Waals surface area contributed by atoms with Crippen molar-refractivity contribution in [3.63, 3.8) is 0 Å². The molecule has 100 valence electrons. The zero-order valence-electron chi connectivity index (χ0n) is 10.4. The van der Waals surface area contributed by atoms with Gasteiger partial charge in [-0.3, -0.25) is 10.1 Å². The van der Waals surface area contributed by atoms with Gasteiger partial charge < -0.3 is 10.4 Å². The van der Waals surface area contributed by atoms with E-state index in [9.17, 15) is 15.2 Å². The van der Waals surface area contributed by atoms with Gasteiger partial charge in [-0.05, 0) is 34.8 Å². The number of aliphatic hydroxyl groups is 1. The van der Waals surface area contributed by atoms with Crippen molar-refractivity contribution in [1.29, 1.82) is 0 Å². The van der Waals surface area contributed by atoms with E-state index in [0.29, 0.717) is 11.0 Å². The van der Waals surface area contributed by atoms with E-state index in [1.807, 2.05) is 19.9 Å². The molecular weight excluding hydrogens is 300 g/mol. The first-order valence-electron chi connectivity index (χ1n) is 5.71. The van der Waals surface area contributed by atoms with E-state index in [4.69, 9.17) is 0 Å². The SMILES string of the molecule is CCC(C)(CO)NCc1cccc([N+](=O)[O-])c1Br. The van der Waals surface area contributed by atoms with Crippen LogP contribution >= 0.6 is 15.9 Å². The predicted octanol–water partition coefficient (Wildman–Crippen LogP) is 2.61. The zero-order valence-corrected chi connectivity index (χ0v) is 12.0. The molecule has 0 amide bonds.